The molecule has 16 N–H and O–H groups in total. The molecule has 100 heavy (non-hydrogen) atoms. The first-order chi connectivity index (χ1) is 47.8. The number of aliphatic hydroxyl groups is 8. The van der Waals surface area contributed by atoms with Crippen molar-refractivity contribution in [2.75, 3.05) is 93.4 Å². The maximum absolute atomic E-state index is 15.0. The molecule has 0 aromatic heterocycles. The van der Waals surface area contributed by atoms with Gasteiger partial charge in [0.15, 0.2) is 11.5 Å². The number of aromatic hydroxyl groups is 1. The normalized spacial score (nSPS) is 27.1. The first-order valence-electron chi connectivity index (χ1n) is 33.3. The summed E-state index contributed by atoms with van der Waals surface area (Å²) >= 11 is 0.0703. The number of anilines is 3. The SMILES string of the molecule is C[C@@H]1CN(c2ccc(-c3ccc(N4CCN(c5ccc(C(=O)N[C@H]6C[C@@H](O)CNC(=O)[C@@H]7[C@@H](O)[C@@H](C)CN7C(=O)[C@H]([C@H](O)CCNC(CO)CO)NC(=O)[C@H]([C@H](O)Cc7ccc(O)c(OSOOO)c7)NC(=O)[C@@H]7C[C@@H](O)CN7C(=O)[C@H]([C@@H](C)O)NC6=O)cc5)CC4)cc3)cc2)C[C@H](C)O1. The van der Waals surface area contributed by atoms with Crippen molar-refractivity contribution in [2.45, 2.75) is 145 Å². The Morgan fingerprint density at radius 1 is 0.660 bits per heavy atom. The van der Waals surface area contributed by atoms with Crippen LogP contribution in [0.15, 0.2) is 91.0 Å². The van der Waals surface area contributed by atoms with Gasteiger partial charge in [0, 0.05) is 107 Å². The number of carbonyl (C=O) groups is 7. The van der Waals surface area contributed by atoms with E-state index in [-0.39, 0.29) is 54.5 Å². The van der Waals surface area contributed by atoms with Gasteiger partial charge >= 0.3 is 0 Å². The van der Waals surface area contributed by atoms with E-state index in [1.807, 2.05) is 0 Å². The zero-order valence-corrected chi connectivity index (χ0v) is 56.6. The molecule has 33 heteroatoms. The van der Waals surface area contributed by atoms with Gasteiger partial charge < -0.3 is 111 Å². The molecule has 5 saturated heterocycles. The number of rotatable bonds is 21. The third kappa shape index (κ3) is 19.1. The van der Waals surface area contributed by atoms with Crippen LogP contribution < -0.4 is 50.8 Å². The molecular weight excluding hydrogens is 1330 g/mol. The van der Waals surface area contributed by atoms with Gasteiger partial charge in [-0.15, -0.1) is 0 Å². The molecule has 5 fully saturated rings. The predicted octanol–water partition coefficient (Wildman–Crippen LogP) is -2.36. The second kappa shape index (κ2) is 35.1. The molecule has 5 heterocycles. The molecule has 0 bridgehead atoms. The molecule has 7 amide bonds. The van der Waals surface area contributed by atoms with Crippen LogP contribution in [0.2, 0.25) is 0 Å². The van der Waals surface area contributed by atoms with E-state index in [0.29, 0.717) is 26.2 Å². The number of hydrogen-bond acceptors (Lipinski definition) is 26. The topological polar surface area (TPSA) is 447 Å². The van der Waals surface area contributed by atoms with Crippen LogP contribution in [-0.4, -0.2) is 272 Å². The highest BCUT2D eigenvalue weighted by Crippen LogP contribution is 2.33. The first kappa shape index (κ1) is 76.2. The molecule has 9 rings (SSSR count). The molecule has 0 unspecified atom stereocenters. The number of amides is 7. The molecule has 32 nitrogen and oxygen atoms in total. The number of ether oxygens (including phenoxy) is 1. The highest BCUT2D eigenvalue weighted by atomic mass is 32.2. The van der Waals surface area contributed by atoms with E-state index in [4.69, 9.17) is 14.2 Å². The van der Waals surface area contributed by atoms with Crippen molar-refractivity contribution < 1.29 is 103 Å². The maximum atomic E-state index is 15.0. The van der Waals surface area contributed by atoms with E-state index in [9.17, 15) is 74.7 Å². The summed E-state index contributed by atoms with van der Waals surface area (Å²) in [5, 5.41) is 126. The van der Waals surface area contributed by atoms with E-state index in [0.717, 1.165) is 64.1 Å². The highest BCUT2D eigenvalue weighted by molar-refractivity contribution is 7.90. The van der Waals surface area contributed by atoms with Gasteiger partial charge in [-0.3, -0.25) is 33.6 Å². The number of morpholine rings is 1. The summed E-state index contributed by atoms with van der Waals surface area (Å²) < 4.78 is 15.3. The Hall–Kier alpha value is -8.00. The summed E-state index contributed by atoms with van der Waals surface area (Å²) in [7, 11) is 0. The molecule has 0 radical (unpaired) electrons. The summed E-state index contributed by atoms with van der Waals surface area (Å²) in [5.41, 5.74) is 5.42. The lowest BCUT2D eigenvalue weighted by molar-refractivity contribution is -0.433. The molecule has 546 valence electrons. The van der Waals surface area contributed by atoms with Crippen LogP contribution in [0.25, 0.3) is 11.1 Å². The van der Waals surface area contributed by atoms with Gasteiger partial charge in [0.1, 0.15) is 36.3 Å². The summed E-state index contributed by atoms with van der Waals surface area (Å²) in [6.07, 6.45) is -12.3. The summed E-state index contributed by atoms with van der Waals surface area (Å²) in [5.74, 6) is -9.49. The van der Waals surface area contributed by atoms with Gasteiger partial charge in [-0.05, 0) is 111 Å². The second-order valence-corrected chi connectivity index (χ2v) is 26.6. The van der Waals surface area contributed by atoms with Crippen molar-refractivity contribution in [3.8, 4) is 22.6 Å². The number of phenolic OH excluding ortho intramolecular Hbond substituents is 1. The first-order valence-corrected chi connectivity index (χ1v) is 34.0. The number of piperazine rings is 1. The summed E-state index contributed by atoms with van der Waals surface area (Å²) in [4.78, 5) is 111. The van der Waals surface area contributed by atoms with Gasteiger partial charge in [0.2, 0.25) is 35.4 Å². The van der Waals surface area contributed by atoms with Crippen molar-refractivity contribution in [1.82, 2.24) is 41.7 Å². The molecular formula is C67H91N11O21S. The smallest absolute Gasteiger partial charge is 0.261 e. The molecule has 4 aromatic rings. The van der Waals surface area contributed by atoms with Gasteiger partial charge in [-0.25, -0.2) is 5.26 Å². The van der Waals surface area contributed by atoms with Crippen LogP contribution in [0.5, 0.6) is 11.5 Å². The Bertz CT molecular complexity index is 3420. The van der Waals surface area contributed by atoms with Crippen molar-refractivity contribution in [3.63, 3.8) is 0 Å². The Balaban J connectivity index is 0.942. The largest absolute Gasteiger partial charge is 0.504 e. The quantitative estimate of drug-likeness (QED) is 0.0180. The van der Waals surface area contributed by atoms with Gasteiger partial charge in [0.25, 0.3) is 18.2 Å². The minimum absolute atomic E-state index is 0.0703. The molecule has 15 atom stereocenters. The average Bonchev–Trinajstić information content (AvgIpc) is 1.35. The Kier molecular flexibility index (Phi) is 26.7. The van der Waals surface area contributed by atoms with Gasteiger partial charge in [-0.1, -0.05) is 46.6 Å². The average molecular weight is 1420 g/mol. The number of hydrogen-bond donors (Lipinski definition) is 16. The van der Waals surface area contributed by atoms with Crippen LogP contribution in [0.4, 0.5) is 17.1 Å². The fourth-order valence-corrected chi connectivity index (χ4v) is 13.5. The van der Waals surface area contributed by atoms with Crippen LogP contribution >= 0.6 is 12.3 Å². The van der Waals surface area contributed by atoms with Crippen molar-refractivity contribution in [3.05, 3.63) is 102 Å². The minimum atomic E-state index is -2.16. The fourth-order valence-electron chi connectivity index (χ4n) is 13.3. The number of carbonyl (C=O) groups excluding carboxylic acids is 7. The number of nitrogens with zero attached hydrogens (tertiary/aromatic N) is 5. The van der Waals surface area contributed by atoms with Crippen molar-refractivity contribution in [2.24, 2.45) is 5.92 Å². The number of phenols is 1. The Morgan fingerprint density at radius 3 is 1.82 bits per heavy atom. The van der Waals surface area contributed by atoms with Crippen LogP contribution in [0, 0.1) is 5.92 Å². The van der Waals surface area contributed by atoms with Crippen LogP contribution in [0.3, 0.4) is 0 Å². The number of β-amino-alcohol motifs (C(OH)–C–C–N with tert-alkyl or cyclic N) is 1. The van der Waals surface area contributed by atoms with Crippen molar-refractivity contribution in [1.29, 1.82) is 0 Å². The zero-order valence-electron chi connectivity index (χ0n) is 55.8. The van der Waals surface area contributed by atoms with Gasteiger partial charge in [0.05, 0.1) is 68.1 Å². The second-order valence-electron chi connectivity index (χ2n) is 26.2. The van der Waals surface area contributed by atoms with E-state index in [1.165, 1.54) is 19.1 Å². The fraction of sp³-hybridized carbons (Fsp3) is 0.537. The lowest BCUT2D eigenvalue weighted by Crippen LogP contribution is -2.64. The van der Waals surface area contributed by atoms with E-state index >= 15 is 4.79 Å². The monoisotopic (exact) mass is 1420 g/mol. The minimum Gasteiger partial charge on any atom is -0.504 e. The Morgan fingerprint density at radius 2 is 1.23 bits per heavy atom. The lowest BCUT2D eigenvalue weighted by Gasteiger charge is -2.37. The molecule has 0 aliphatic carbocycles. The summed E-state index contributed by atoms with van der Waals surface area (Å²) in [6.45, 7) is 8.26. The standard InChI is InChI=1S/C67H91N11O21S/c1-36-30-78-59(60(36)87)65(92)69-29-48(82)27-50(70-61(88)43-10-16-46(17-11-43)75-23-21-74(22-24-75)45-12-6-41(7-13-45)42-8-14-47(15-9-42)76-31-37(2)96-38(3)32-76)62(89)71-56(39(4)81)66(93)77-33-49(83)28-51(77)63(90)72-57(54(86)25-40-5-18-52(84)55(26-40)97-100-99-98-95)64(91)73-58(67(78)94)53(85)19-20-68-44(34-79)35-80/h5-18,26,36-39,44,48-51,53-54,56-60,68,79-87,95H,19-25,27-35H2,1-4H3,(H,69,92)(H,70,88)(H,71,89)(H,72,90)(H,73,91)/t36-,37-,38+,39+,48+,49+,50-,51-,53+,54+,56-,57-,58-,59-,60-/m0/s1. The third-order valence-corrected chi connectivity index (χ3v) is 19.1. The predicted molar refractivity (Wildman–Crippen MR) is 362 cm³/mol. The lowest BCUT2D eigenvalue weighted by atomic mass is 9.98. The molecule has 0 saturated carbocycles. The van der Waals surface area contributed by atoms with E-state index < -0.39 is 184 Å². The number of fused-ring (bicyclic) bond motifs is 2. The summed E-state index contributed by atoms with van der Waals surface area (Å²) in [6, 6.07) is 14.9. The molecule has 5 aliphatic heterocycles. The number of aliphatic hydroxyl groups excluding tert-OH is 8. The molecule has 4 aromatic carbocycles. The van der Waals surface area contributed by atoms with E-state index in [2.05, 4.69) is 118 Å². The molecule has 5 aliphatic rings. The van der Waals surface area contributed by atoms with Crippen molar-refractivity contribution >= 4 is 70.7 Å². The van der Waals surface area contributed by atoms with Crippen LogP contribution in [-0.2, 0) is 49.3 Å². The van der Waals surface area contributed by atoms with Crippen LogP contribution in [0.1, 0.15) is 62.9 Å². The maximum Gasteiger partial charge on any atom is 0.261 e. The molecule has 0 spiro atoms. The Labute approximate surface area is 581 Å². The zero-order chi connectivity index (χ0) is 72.1. The third-order valence-electron chi connectivity index (χ3n) is 18.7. The van der Waals surface area contributed by atoms with Gasteiger partial charge in [-0.2, -0.15) is 0 Å². The highest BCUT2D eigenvalue weighted by Gasteiger charge is 2.50. The number of benzene rings is 4. The van der Waals surface area contributed by atoms with E-state index in [1.54, 1.807) is 24.3 Å². The number of nitrogens with one attached hydrogen (secondary N) is 6.